The predicted octanol–water partition coefficient (Wildman–Crippen LogP) is 5.00. The highest BCUT2D eigenvalue weighted by molar-refractivity contribution is 5.98. The van der Waals surface area contributed by atoms with Crippen LogP contribution >= 0.6 is 0 Å². The van der Waals surface area contributed by atoms with Crippen LogP contribution in [0.25, 0.3) is 0 Å². The van der Waals surface area contributed by atoms with Crippen molar-refractivity contribution < 1.29 is 14.3 Å². The molecule has 0 heterocycles. The highest BCUT2D eigenvalue weighted by Crippen LogP contribution is 2.44. The summed E-state index contributed by atoms with van der Waals surface area (Å²) in [6.07, 6.45) is 1.22. The molecule has 4 heteroatoms. The van der Waals surface area contributed by atoms with E-state index in [1.807, 2.05) is 42.5 Å². The molecule has 0 aliphatic rings. The molecule has 0 fully saturated rings. The Morgan fingerprint density at radius 3 is 2.11 bits per heavy atom. The molecule has 1 unspecified atom stereocenters. The largest absolute Gasteiger partial charge is 0.496 e. The predicted molar refractivity (Wildman–Crippen MR) is 110 cm³/mol. The Bertz CT molecular complexity index is 768. The Morgan fingerprint density at radius 2 is 1.52 bits per heavy atom. The minimum Gasteiger partial charge on any atom is -0.496 e. The van der Waals surface area contributed by atoms with Crippen molar-refractivity contribution in [3.8, 4) is 11.5 Å². The van der Waals surface area contributed by atoms with Crippen LogP contribution in [0.2, 0.25) is 0 Å². The first-order valence-corrected chi connectivity index (χ1v) is 9.27. The molecule has 4 nitrogen and oxygen atoms in total. The fourth-order valence-corrected chi connectivity index (χ4v) is 3.87. The van der Waals surface area contributed by atoms with Crippen molar-refractivity contribution in [2.45, 2.75) is 32.7 Å². The van der Waals surface area contributed by atoms with Crippen molar-refractivity contribution in [2.24, 2.45) is 5.41 Å². The molecule has 0 aliphatic heterocycles. The van der Waals surface area contributed by atoms with E-state index in [0.717, 1.165) is 17.7 Å². The van der Waals surface area contributed by atoms with Gasteiger partial charge in [-0.2, -0.15) is 0 Å². The molecule has 0 aromatic heterocycles. The normalized spacial score (nSPS) is 12.7. The van der Waals surface area contributed by atoms with Gasteiger partial charge in [0.05, 0.1) is 19.8 Å². The number of nitrogens with zero attached hydrogens (tertiary/aromatic N) is 1. The zero-order valence-electron chi connectivity index (χ0n) is 17.3. The SMILES string of the molecule is COc1ccccc1C(=O)CCC(C)(C)C(c1ccccc1OC)N(C)C. The number of hydrogen-bond donors (Lipinski definition) is 0. The minimum atomic E-state index is -0.129. The summed E-state index contributed by atoms with van der Waals surface area (Å²) in [5.74, 6) is 1.62. The topological polar surface area (TPSA) is 38.8 Å². The van der Waals surface area contributed by atoms with Crippen LogP contribution in [0.15, 0.2) is 48.5 Å². The van der Waals surface area contributed by atoms with Crippen LogP contribution in [0, 0.1) is 5.41 Å². The van der Waals surface area contributed by atoms with Gasteiger partial charge in [-0.25, -0.2) is 0 Å². The van der Waals surface area contributed by atoms with Gasteiger partial charge in [0.2, 0.25) is 0 Å². The standard InChI is InChI=1S/C23H31NO3/c1-23(2,16-15-19(25)17-11-7-9-13-20(17)26-5)22(24(3)4)18-12-8-10-14-21(18)27-6/h7-14,22H,15-16H2,1-6H3. The van der Waals surface area contributed by atoms with Crippen LogP contribution in [0.5, 0.6) is 11.5 Å². The second kappa shape index (κ2) is 9.05. The molecular formula is C23H31NO3. The highest BCUT2D eigenvalue weighted by atomic mass is 16.5. The minimum absolute atomic E-state index is 0.109. The zero-order valence-corrected chi connectivity index (χ0v) is 17.3. The summed E-state index contributed by atoms with van der Waals surface area (Å²) in [6.45, 7) is 4.42. The van der Waals surface area contributed by atoms with E-state index < -0.39 is 0 Å². The van der Waals surface area contributed by atoms with Gasteiger partial charge in [-0.05, 0) is 44.1 Å². The number of Topliss-reactive ketones (excluding diaryl/α,β-unsaturated/α-hetero) is 1. The highest BCUT2D eigenvalue weighted by Gasteiger charge is 2.34. The van der Waals surface area contributed by atoms with Crippen molar-refractivity contribution in [2.75, 3.05) is 28.3 Å². The quantitative estimate of drug-likeness (QED) is 0.583. The first-order chi connectivity index (χ1) is 12.8. The van der Waals surface area contributed by atoms with Crippen molar-refractivity contribution in [1.29, 1.82) is 0 Å². The molecule has 0 spiro atoms. The number of carbonyl (C=O) groups is 1. The lowest BCUT2D eigenvalue weighted by atomic mass is 9.75. The van der Waals surface area contributed by atoms with E-state index in [1.165, 1.54) is 0 Å². The molecule has 0 aliphatic carbocycles. The molecule has 0 saturated carbocycles. The lowest BCUT2D eigenvalue weighted by molar-refractivity contribution is 0.0892. The molecular weight excluding hydrogens is 338 g/mol. The second-order valence-corrected chi connectivity index (χ2v) is 7.72. The lowest BCUT2D eigenvalue weighted by Crippen LogP contribution is -2.34. The van der Waals surface area contributed by atoms with Gasteiger partial charge in [-0.15, -0.1) is 0 Å². The van der Waals surface area contributed by atoms with Gasteiger partial charge >= 0.3 is 0 Å². The third-order valence-electron chi connectivity index (χ3n) is 5.09. The van der Waals surface area contributed by atoms with Gasteiger partial charge in [0, 0.05) is 18.0 Å². The van der Waals surface area contributed by atoms with E-state index in [1.54, 1.807) is 14.2 Å². The molecule has 2 aromatic rings. The Kier molecular flexibility index (Phi) is 7.03. The third kappa shape index (κ3) is 4.89. The van der Waals surface area contributed by atoms with E-state index in [-0.39, 0.29) is 17.2 Å². The number of ketones is 1. The Hall–Kier alpha value is -2.33. The number of para-hydroxylation sites is 2. The van der Waals surface area contributed by atoms with Crippen LogP contribution in [-0.2, 0) is 0 Å². The summed E-state index contributed by atoms with van der Waals surface area (Å²) >= 11 is 0. The van der Waals surface area contributed by atoms with E-state index in [9.17, 15) is 4.79 Å². The summed E-state index contributed by atoms with van der Waals surface area (Å²) in [4.78, 5) is 15.0. The molecule has 27 heavy (non-hydrogen) atoms. The first kappa shape index (κ1) is 21.0. The Labute approximate surface area is 163 Å². The van der Waals surface area contributed by atoms with Crippen molar-refractivity contribution >= 4 is 5.78 Å². The molecule has 0 N–H and O–H groups in total. The summed E-state index contributed by atoms with van der Waals surface area (Å²) in [5, 5.41) is 0. The van der Waals surface area contributed by atoms with Gasteiger partial charge in [-0.1, -0.05) is 44.2 Å². The van der Waals surface area contributed by atoms with E-state index >= 15 is 0 Å². The maximum atomic E-state index is 12.8. The van der Waals surface area contributed by atoms with Crippen LogP contribution in [0.1, 0.15) is 48.7 Å². The van der Waals surface area contributed by atoms with Gasteiger partial charge in [0.15, 0.2) is 5.78 Å². The third-order valence-corrected chi connectivity index (χ3v) is 5.09. The average molecular weight is 370 g/mol. The molecule has 0 radical (unpaired) electrons. The number of carbonyl (C=O) groups excluding carboxylic acids is 1. The van der Waals surface area contributed by atoms with Crippen LogP contribution in [0.3, 0.4) is 0 Å². The molecule has 2 aromatic carbocycles. The maximum Gasteiger partial charge on any atom is 0.166 e. The number of hydrogen-bond acceptors (Lipinski definition) is 4. The van der Waals surface area contributed by atoms with E-state index in [4.69, 9.17) is 9.47 Å². The average Bonchev–Trinajstić information content (AvgIpc) is 2.66. The van der Waals surface area contributed by atoms with Crippen molar-refractivity contribution in [1.82, 2.24) is 4.90 Å². The molecule has 1 atom stereocenters. The van der Waals surface area contributed by atoms with Crippen LogP contribution < -0.4 is 9.47 Å². The summed E-state index contributed by atoms with van der Waals surface area (Å²) in [5.41, 5.74) is 1.66. The summed E-state index contributed by atoms with van der Waals surface area (Å²) in [7, 11) is 7.44. The second-order valence-electron chi connectivity index (χ2n) is 7.72. The van der Waals surface area contributed by atoms with E-state index in [2.05, 4.69) is 38.9 Å². The Morgan fingerprint density at radius 1 is 0.963 bits per heavy atom. The Balaban J connectivity index is 2.23. The molecule has 2 rings (SSSR count). The van der Waals surface area contributed by atoms with Gasteiger partial charge in [0.25, 0.3) is 0 Å². The fraction of sp³-hybridized carbons (Fsp3) is 0.435. The molecule has 0 saturated heterocycles. The fourth-order valence-electron chi connectivity index (χ4n) is 3.87. The molecule has 0 bridgehead atoms. The number of rotatable bonds is 9. The van der Waals surface area contributed by atoms with Gasteiger partial charge < -0.3 is 14.4 Å². The lowest BCUT2D eigenvalue weighted by Gasteiger charge is -2.40. The first-order valence-electron chi connectivity index (χ1n) is 9.27. The smallest absolute Gasteiger partial charge is 0.166 e. The number of benzene rings is 2. The van der Waals surface area contributed by atoms with Gasteiger partial charge in [0.1, 0.15) is 11.5 Å². The molecule has 146 valence electrons. The summed E-state index contributed by atoms with van der Waals surface area (Å²) in [6, 6.07) is 15.6. The van der Waals surface area contributed by atoms with Crippen molar-refractivity contribution in [3.05, 3.63) is 59.7 Å². The van der Waals surface area contributed by atoms with Crippen LogP contribution in [0.4, 0.5) is 0 Å². The van der Waals surface area contributed by atoms with E-state index in [0.29, 0.717) is 17.7 Å². The number of ether oxygens (including phenoxy) is 2. The summed E-state index contributed by atoms with van der Waals surface area (Å²) < 4.78 is 10.9. The number of methoxy groups -OCH3 is 2. The maximum absolute atomic E-state index is 12.8. The van der Waals surface area contributed by atoms with Crippen LogP contribution in [-0.4, -0.2) is 39.0 Å². The monoisotopic (exact) mass is 369 g/mol. The molecule has 0 amide bonds. The van der Waals surface area contributed by atoms with Gasteiger partial charge in [-0.3, -0.25) is 4.79 Å². The zero-order chi connectivity index (χ0) is 20.0. The van der Waals surface area contributed by atoms with Crippen molar-refractivity contribution in [3.63, 3.8) is 0 Å².